The van der Waals surface area contributed by atoms with Crippen LogP contribution in [0.2, 0.25) is 5.02 Å². The van der Waals surface area contributed by atoms with Crippen LogP contribution in [0.25, 0.3) is 0 Å². The predicted octanol–water partition coefficient (Wildman–Crippen LogP) is 4.01. The van der Waals surface area contributed by atoms with Gasteiger partial charge in [0.05, 0.1) is 16.8 Å². The fraction of sp³-hybridized carbons (Fsp3) is 0.571. The van der Waals surface area contributed by atoms with Gasteiger partial charge in [0.2, 0.25) is 0 Å². The van der Waals surface area contributed by atoms with Crippen LogP contribution in [0.15, 0.2) is 16.6 Å². The fourth-order valence-corrected chi connectivity index (χ4v) is 3.40. The van der Waals surface area contributed by atoms with E-state index in [9.17, 15) is 0 Å². The molecule has 2 atom stereocenters. The van der Waals surface area contributed by atoms with Crippen LogP contribution >= 0.6 is 27.5 Å². The molecule has 2 unspecified atom stereocenters. The number of benzene rings is 1. The summed E-state index contributed by atoms with van der Waals surface area (Å²) in [5.74, 6) is 0.842. The molecular formula is C14H20BrClN2O. The second-order valence-corrected chi connectivity index (χ2v) is 6.35. The Labute approximate surface area is 128 Å². The summed E-state index contributed by atoms with van der Waals surface area (Å²) in [7, 11) is 2.16. The van der Waals surface area contributed by atoms with Crippen molar-refractivity contribution in [2.75, 3.05) is 25.5 Å². The second-order valence-electron chi connectivity index (χ2n) is 5.06. The zero-order valence-electron chi connectivity index (χ0n) is 11.5. The molecule has 106 valence electrons. The first-order valence-corrected chi connectivity index (χ1v) is 7.77. The first-order chi connectivity index (χ1) is 9.01. The molecule has 0 saturated carbocycles. The van der Waals surface area contributed by atoms with E-state index in [4.69, 9.17) is 16.3 Å². The standard InChI is InChI=1S/C14H20BrClN2O/c1-4-19-14-12(15)6-10(16)7-13(14)17-11-5-9(2)18(3)8-11/h6-7,9,11,17H,4-5,8H2,1-3H3. The highest BCUT2D eigenvalue weighted by Crippen LogP contribution is 2.37. The highest BCUT2D eigenvalue weighted by atomic mass is 79.9. The van der Waals surface area contributed by atoms with E-state index < -0.39 is 0 Å². The van der Waals surface area contributed by atoms with Crippen molar-refractivity contribution in [3.05, 3.63) is 21.6 Å². The Bertz CT molecular complexity index is 445. The molecule has 1 N–H and O–H groups in total. The molecule has 5 heteroatoms. The molecule has 0 amide bonds. The number of hydrogen-bond acceptors (Lipinski definition) is 3. The molecule has 3 nitrogen and oxygen atoms in total. The van der Waals surface area contributed by atoms with Crippen molar-refractivity contribution in [1.29, 1.82) is 0 Å². The SMILES string of the molecule is CCOc1c(Br)cc(Cl)cc1NC1CC(C)N(C)C1. The summed E-state index contributed by atoms with van der Waals surface area (Å²) >= 11 is 9.64. The zero-order valence-corrected chi connectivity index (χ0v) is 13.9. The van der Waals surface area contributed by atoms with Gasteiger partial charge in [-0.2, -0.15) is 0 Å². The molecule has 1 aromatic carbocycles. The van der Waals surface area contributed by atoms with Gasteiger partial charge in [0, 0.05) is 23.7 Å². The zero-order chi connectivity index (χ0) is 14.0. The van der Waals surface area contributed by atoms with E-state index in [-0.39, 0.29) is 0 Å². The molecule has 0 spiro atoms. The molecule has 1 aliphatic heterocycles. The summed E-state index contributed by atoms with van der Waals surface area (Å²) in [6.45, 7) is 5.90. The number of rotatable bonds is 4. The molecule has 0 aromatic heterocycles. The van der Waals surface area contributed by atoms with E-state index >= 15 is 0 Å². The maximum atomic E-state index is 6.13. The molecule has 0 bridgehead atoms. The van der Waals surface area contributed by atoms with Gasteiger partial charge in [-0.3, -0.25) is 0 Å². The normalized spacial score (nSPS) is 23.6. The highest BCUT2D eigenvalue weighted by molar-refractivity contribution is 9.10. The highest BCUT2D eigenvalue weighted by Gasteiger charge is 2.26. The van der Waals surface area contributed by atoms with Crippen molar-refractivity contribution < 1.29 is 4.74 Å². The van der Waals surface area contributed by atoms with Crippen molar-refractivity contribution in [2.45, 2.75) is 32.4 Å². The van der Waals surface area contributed by atoms with Gasteiger partial charge in [-0.1, -0.05) is 11.6 Å². The minimum Gasteiger partial charge on any atom is -0.491 e. The average Bonchev–Trinajstić information content (AvgIpc) is 2.63. The van der Waals surface area contributed by atoms with Crippen LogP contribution in [0.4, 0.5) is 5.69 Å². The minimum atomic E-state index is 0.435. The van der Waals surface area contributed by atoms with Gasteiger partial charge >= 0.3 is 0 Å². The Morgan fingerprint density at radius 2 is 2.26 bits per heavy atom. The van der Waals surface area contributed by atoms with Crippen LogP contribution in [0.5, 0.6) is 5.75 Å². The van der Waals surface area contributed by atoms with Gasteiger partial charge in [0.25, 0.3) is 0 Å². The first-order valence-electron chi connectivity index (χ1n) is 6.59. The van der Waals surface area contributed by atoms with Crippen LogP contribution in [-0.4, -0.2) is 37.2 Å². The van der Waals surface area contributed by atoms with Crippen LogP contribution in [0.3, 0.4) is 0 Å². The molecule has 19 heavy (non-hydrogen) atoms. The molecule has 1 aromatic rings. The number of likely N-dealkylation sites (tertiary alicyclic amines) is 1. The number of nitrogens with one attached hydrogen (secondary N) is 1. The molecule has 1 heterocycles. The van der Waals surface area contributed by atoms with Gasteiger partial charge in [-0.15, -0.1) is 0 Å². The number of ether oxygens (including phenoxy) is 1. The smallest absolute Gasteiger partial charge is 0.156 e. The Morgan fingerprint density at radius 1 is 1.53 bits per heavy atom. The fourth-order valence-electron chi connectivity index (χ4n) is 2.48. The monoisotopic (exact) mass is 346 g/mol. The summed E-state index contributed by atoms with van der Waals surface area (Å²) in [6, 6.07) is 4.83. The maximum Gasteiger partial charge on any atom is 0.156 e. The molecule has 1 fully saturated rings. The lowest BCUT2D eigenvalue weighted by Gasteiger charge is -2.18. The van der Waals surface area contributed by atoms with Crippen LogP contribution < -0.4 is 10.1 Å². The molecule has 0 radical (unpaired) electrons. The van der Waals surface area contributed by atoms with Crippen molar-refractivity contribution in [2.24, 2.45) is 0 Å². The van der Waals surface area contributed by atoms with Crippen LogP contribution in [-0.2, 0) is 0 Å². The molecule has 2 rings (SSSR count). The summed E-state index contributed by atoms with van der Waals surface area (Å²) in [4.78, 5) is 2.36. The van der Waals surface area contributed by atoms with E-state index in [0.717, 1.165) is 28.9 Å². The lowest BCUT2D eigenvalue weighted by Crippen LogP contribution is -2.25. The van der Waals surface area contributed by atoms with Gasteiger partial charge in [0.1, 0.15) is 0 Å². The number of likely N-dealkylation sites (N-methyl/N-ethyl adjacent to an activating group) is 1. The summed E-state index contributed by atoms with van der Waals surface area (Å²) in [6.07, 6.45) is 1.13. The lowest BCUT2D eigenvalue weighted by atomic mass is 10.2. The van der Waals surface area contributed by atoms with E-state index in [0.29, 0.717) is 23.7 Å². The number of hydrogen-bond donors (Lipinski definition) is 1. The van der Waals surface area contributed by atoms with Crippen molar-refractivity contribution >= 4 is 33.2 Å². The van der Waals surface area contributed by atoms with Gasteiger partial charge < -0.3 is 15.0 Å². The Balaban J connectivity index is 2.19. The van der Waals surface area contributed by atoms with E-state index in [1.54, 1.807) is 0 Å². The van der Waals surface area contributed by atoms with Crippen LogP contribution in [0, 0.1) is 0 Å². The minimum absolute atomic E-state index is 0.435. The lowest BCUT2D eigenvalue weighted by molar-refractivity contribution is 0.329. The summed E-state index contributed by atoms with van der Waals surface area (Å²) in [5, 5.41) is 4.26. The molecule has 1 aliphatic rings. The van der Waals surface area contributed by atoms with Gasteiger partial charge in [-0.05, 0) is 55.4 Å². The van der Waals surface area contributed by atoms with Crippen molar-refractivity contribution in [3.63, 3.8) is 0 Å². The van der Waals surface area contributed by atoms with Crippen LogP contribution in [0.1, 0.15) is 20.3 Å². The maximum absolute atomic E-state index is 6.13. The number of halogens is 2. The van der Waals surface area contributed by atoms with Gasteiger partial charge in [0.15, 0.2) is 5.75 Å². The third-order valence-corrected chi connectivity index (χ3v) is 4.35. The largest absolute Gasteiger partial charge is 0.491 e. The molecule has 1 saturated heterocycles. The summed E-state index contributed by atoms with van der Waals surface area (Å²) < 4.78 is 6.60. The summed E-state index contributed by atoms with van der Waals surface area (Å²) in [5.41, 5.74) is 0.966. The topological polar surface area (TPSA) is 24.5 Å². The number of nitrogens with zero attached hydrogens (tertiary/aromatic N) is 1. The third-order valence-electron chi connectivity index (χ3n) is 3.54. The van der Waals surface area contributed by atoms with Crippen molar-refractivity contribution in [3.8, 4) is 5.75 Å². The Morgan fingerprint density at radius 3 is 2.84 bits per heavy atom. The predicted molar refractivity (Wildman–Crippen MR) is 84.4 cm³/mol. The Kier molecular flexibility index (Phi) is 4.98. The quantitative estimate of drug-likeness (QED) is 0.891. The van der Waals surface area contributed by atoms with Crippen molar-refractivity contribution in [1.82, 2.24) is 4.90 Å². The molecular weight excluding hydrogens is 328 g/mol. The third kappa shape index (κ3) is 3.56. The molecule has 0 aliphatic carbocycles. The Hall–Kier alpha value is -0.450. The van der Waals surface area contributed by atoms with E-state index in [1.165, 1.54) is 0 Å². The van der Waals surface area contributed by atoms with E-state index in [1.807, 2.05) is 19.1 Å². The number of anilines is 1. The second kappa shape index (κ2) is 6.33. The first kappa shape index (κ1) is 14.9. The average molecular weight is 348 g/mol. The van der Waals surface area contributed by atoms with E-state index in [2.05, 4.69) is 40.1 Å². The van der Waals surface area contributed by atoms with Gasteiger partial charge in [-0.25, -0.2) is 0 Å².